The lowest BCUT2D eigenvalue weighted by Gasteiger charge is -2.43. The van der Waals surface area contributed by atoms with Gasteiger partial charge in [-0.05, 0) is 38.2 Å². The number of nitrogens with one attached hydrogen (secondary N) is 1. The maximum atomic E-state index is 5.56. The predicted molar refractivity (Wildman–Crippen MR) is 118 cm³/mol. The van der Waals surface area contributed by atoms with E-state index in [1.807, 2.05) is 12.3 Å². The Balaban J connectivity index is 1.62. The van der Waals surface area contributed by atoms with Gasteiger partial charge in [0.1, 0.15) is 12.1 Å². The maximum Gasteiger partial charge on any atom is 0.197 e. The third-order valence-corrected chi connectivity index (χ3v) is 6.01. The molecule has 0 radical (unpaired) electrons. The van der Waals surface area contributed by atoms with Crippen molar-refractivity contribution >= 4 is 22.5 Å². The average molecular weight is 406 g/mol. The fraction of sp³-hybridized carbons (Fsp3) is 0.409. The molecule has 1 N–H and O–H groups in total. The van der Waals surface area contributed by atoms with Crippen molar-refractivity contribution in [2.45, 2.75) is 25.8 Å². The molecule has 0 bridgehead atoms. The molecule has 8 heteroatoms. The molecule has 5 rings (SSSR count). The van der Waals surface area contributed by atoms with Crippen LogP contribution in [0.25, 0.3) is 27.9 Å². The van der Waals surface area contributed by atoms with Crippen molar-refractivity contribution in [2.24, 2.45) is 0 Å². The Morgan fingerprint density at radius 1 is 1.23 bits per heavy atom. The van der Waals surface area contributed by atoms with Crippen LogP contribution in [-0.4, -0.2) is 69.8 Å². The minimum absolute atomic E-state index is 0.305. The van der Waals surface area contributed by atoms with Gasteiger partial charge in [0.2, 0.25) is 0 Å². The SMILES string of the molecule is COc1cc(-c2[nH]c3ccc(N4CC(N(C)C)C4)nc3c2C(C)C)cn2ncnc12. The number of nitrogens with zero attached hydrogens (tertiary/aromatic N) is 6. The standard InChI is InChI=1S/C22H27N7O/c1-13(2)19-20(14-8-17(30-5)22-23-12-24-29(22)9-14)25-16-6-7-18(26-21(16)19)28-10-15(11-28)27(3)4/h6-9,12-13,15,25H,10-11H2,1-5H3. The Labute approximate surface area is 175 Å². The summed E-state index contributed by atoms with van der Waals surface area (Å²) in [6.45, 7) is 6.44. The van der Waals surface area contributed by atoms with E-state index >= 15 is 0 Å². The van der Waals surface area contributed by atoms with Crippen molar-refractivity contribution < 1.29 is 4.74 Å². The molecule has 1 aliphatic rings. The highest BCUT2D eigenvalue weighted by molar-refractivity contribution is 5.90. The van der Waals surface area contributed by atoms with Crippen molar-refractivity contribution in [1.29, 1.82) is 0 Å². The van der Waals surface area contributed by atoms with E-state index in [9.17, 15) is 0 Å². The number of rotatable bonds is 5. The van der Waals surface area contributed by atoms with E-state index in [-0.39, 0.29) is 0 Å². The molecule has 0 atom stereocenters. The largest absolute Gasteiger partial charge is 0.493 e. The van der Waals surface area contributed by atoms with Crippen LogP contribution in [0.2, 0.25) is 0 Å². The lowest BCUT2D eigenvalue weighted by molar-refractivity contribution is 0.246. The topological polar surface area (TPSA) is 74.6 Å². The van der Waals surface area contributed by atoms with Gasteiger partial charge in [0.25, 0.3) is 0 Å². The molecule has 5 heterocycles. The maximum absolute atomic E-state index is 5.56. The number of H-pyrrole nitrogens is 1. The van der Waals surface area contributed by atoms with E-state index in [1.54, 1.807) is 11.6 Å². The van der Waals surface area contributed by atoms with E-state index in [1.165, 1.54) is 11.9 Å². The van der Waals surface area contributed by atoms with Gasteiger partial charge in [0.05, 0.1) is 23.8 Å². The molecule has 0 aliphatic carbocycles. The fourth-order valence-electron chi connectivity index (χ4n) is 4.19. The monoisotopic (exact) mass is 405 g/mol. The van der Waals surface area contributed by atoms with Gasteiger partial charge in [-0.3, -0.25) is 0 Å². The summed E-state index contributed by atoms with van der Waals surface area (Å²) < 4.78 is 7.31. The van der Waals surface area contributed by atoms with E-state index < -0.39 is 0 Å². The summed E-state index contributed by atoms with van der Waals surface area (Å²) in [5.74, 6) is 2.04. The summed E-state index contributed by atoms with van der Waals surface area (Å²) in [5.41, 5.74) is 6.04. The summed E-state index contributed by atoms with van der Waals surface area (Å²) in [5, 5.41) is 4.30. The van der Waals surface area contributed by atoms with E-state index in [0.29, 0.717) is 23.4 Å². The van der Waals surface area contributed by atoms with Gasteiger partial charge >= 0.3 is 0 Å². The fourth-order valence-corrected chi connectivity index (χ4v) is 4.19. The van der Waals surface area contributed by atoms with Gasteiger partial charge in [0.15, 0.2) is 11.4 Å². The van der Waals surface area contributed by atoms with Crippen molar-refractivity contribution in [3.05, 3.63) is 36.3 Å². The Kier molecular flexibility index (Phi) is 4.39. The van der Waals surface area contributed by atoms with E-state index in [0.717, 1.165) is 41.2 Å². The summed E-state index contributed by atoms with van der Waals surface area (Å²) in [6, 6.07) is 6.86. The first-order valence-electron chi connectivity index (χ1n) is 10.3. The summed E-state index contributed by atoms with van der Waals surface area (Å²) in [7, 11) is 5.92. The zero-order chi connectivity index (χ0) is 21.0. The Bertz CT molecular complexity index is 1220. The number of hydrogen-bond acceptors (Lipinski definition) is 6. The smallest absolute Gasteiger partial charge is 0.197 e. The second-order valence-corrected chi connectivity index (χ2v) is 8.48. The summed E-state index contributed by atoms with van der Waals surface area (Å²) in [6.07, 6.45) is 3.53. The van der Waals surface area contributed by atoms with Gasteiger partial charge in [0, 0.05) is 36.5 Å². The molecule has 4 aromatic rings. The highest BCUT2D eigenvalue weighted by Gasteiger charge is 2.30. The molecule has 0 spiro atoms. The number of fused-ring (bicyclic) bond motifs is 2. The first-order chi connectivity index (χ1) is 14.5. The van der Waals surface area contributed by atoms with Crippen LogP contribution in [0, 0.1) is 0 Å². The van der Waals surface area contributed by atoms with Crippen LogP contribution in [0.1, 0.15) is 25.3 Å². The van der Waals surface area contributed by atoms with Crippen LogP contribution in [0.3, 0.4) is 0 Å². The molecule has 0 saturated carbocycles. The van der Waals surface area contributed by atoms with E-state index in [4.69, 9.17) is 9.72 Å². The molecule has 0 unspecified atom stereocenters. The number of hydrogen-bond donors (Lipinski definition) is 1. The van der Waals surface area contributed by atoms with Crippen LogP contribution >= 0.6 is 0 Å². The highest BCUT2D eigenvalue weighted by Crippen LogP contribution is 2.37. The van der Waals surface area contributed by atoms with Crippen LogP contribution in [-0.2, 0) is 0 Å². The number of methoxy groups -OCH3 is 1. The van der Waals surface area contributed by atoms with Crippen LogP contribution in [0.15, 0.2) is 30.7 Å². The van der Waals surface area contributed by atoms with Gasteiger partial charge < -0.3 is 19.5 Å². The molecule has 0 amide bonds. The second kappa shape index (κ2) is 6.98. The zero-order valence-corrected chi connectivity index (χ0v) is 18.0. The van der Waals surface area contributed by atoms with Crippen molar-refractivity contribution in [1.82, 2.24) is 29.5 Å². The Morgan fingerprint density at radius 3 is 2.73 bits per heavy atom. The molecule has 156 valence electrons. The second-order valence-electron chi connectivity index (χ2n) is 8.48. The number of aromatic nitrogens is 5. The summed E-state index contributed by atoms with van der Waals surface area (Å²) in [4.78, 5) is 17.6. The van der Waals surface area contributed by atoms with Gasteiger partial charge in [-0.15, -0.1) is 0 Å². The molecular weight excluding hydrogens is 378 g/mol. The quantitative estimate of drug-likeness (QED) is 0.550. The number of pyridine rings is 2. The number of likely N-dealkylation sites (N-methyl/N-ethyl adjacent to an activating group) is 1. The summed E-state index contributed by atoms with van der Waals surface area (Å²) >= 11 is 0. The lowest BCUT2D eigenvalue weighted by Crippen LogP contribution is -2.57. The zero-order valence-electron chi connectivity index (χ0n) is 18.0. The minimum Gasteiger partial charge on any atom is -0.493 e. The average Bonchev–Trinajstić information content (AvgIpc) is 3.29. The predicted octanol–water partition coefficient (Wildman–Crippen LogP) is 3.15. The Hall–Kier alpha value is -3.13. The molecular formula is C22H27N7O. The molecule has 1 aliphatic heterocycles. The van der Waals surface area contributed by atoms with Crippen molar-refractivity contribution in [3.8, 4) is 17.0 Å². The third-order valence-electron chi connectivity index (χ3n) is 6.01. The molecule has 1 fully saturated rings. The van der Waals surface area contributed by atoms with Gasteiger partial charge in [-0.25, -0.2) is 14.5 Å². The highest BCUT2D eigenvalue weighted by atomic mass is 16.5. The lowest BCUT2D eigenvalue weighted by atomic mass is 9.99. The van der Waals surface area contributed by atoms with Crippen LogP contribution in [0.4, 0.5) is 5.82 Å². The number of anilines is 1. The van der Waals surface area contributed by atoms with Crippen LogP contribution < -0.4 is 9.64 Å². The first kappa shape index (κ1) is 18.9. The minimum atomic E-state index is 0.305. The molecule has 4 aromatic heterocycles. The van der Waals surface area contributed by atoms with Gasteiger partial charge in [-0.1, -0.05) is 13.8 Å². The first-order valence-corrected chi connectivity index (χ1v) is 10.3. The number of ether oxygens (including phenoxy) is 1. The molecule has 30 heavy (non-hydrogen) atoms. The molecule has 8 nitrogen and oxygen atoms in total. The number of aromatic amines is 1. The van der Waals surface area contributed by atoms with Crippen LogP contribution in [0.5, 0.6) is 5.75 Å². The van der Waals surface area contributed by atoms with E-state index in [2.05, 4.69) is 64.9 Å². The van der Waals surface area contributed by atoms with Crippen molar-refractivity contribution in [3.63, 3.8) is 0 Å². The Morgan fingerprint density at radius 2 is 2.03 bits per heavy atom. The van der Waals surface area contributed by atoms with Gasteiger partial charge in [-0.2, -0.15) is 5.10 Å². The third kappa shape index (κ3) is 2.90. The molecule has 1 saturated heterocycles. The normalized spacial score (nSPS) is 15.0. The molecule has 0 aromatic carbocycles. The van der Waals surface area contributed by atoms with Crippen molar-refractivity contribution in [2.75, 3.05) is 39.2 Å².